The number of rotatable bonds is 2. The number of nitrogens with zero attached hydrogens (tertiary/aromatic N) is 2. The van der Waals surface area contributed by atoms with Crippen molar-refractivity contribution in [3.63, 3.8) is 0 Å². The molecule has 1 heterocycles. The highest BCUT2D eigenvalue weighted by molar-refractivity contribution is 5.80. The number of hydroxylamine groups is 1. The second-order valence-electron chi connectivity index (χ2n) is 3.29. The van der Waals surface area contributed by atoms with Crippen LogP contribution in [0.5, 0.6) is 0 Å². The normalized spacial score (nSPS) is 8.95. The lowest BCUT2D eigenvalue weighted by Gasteiger charge is -2.00. The Kier molecular flexibility index (Phi) is 8.20. The Hall–Kier alpha value is -1.88. The number of nitrogens with one attached hydrogen (secondary N) is 1. The topological polar surface area (TPSA) is 67.2 Å². The number of benzene rings is 1. The molecule has 5 nitrogen and oxygen atoms in total. The van der Waals surface area contributed by atoms with Crippen LogP contribution >= 0.6 is 0 Å². The van der Waals surface area contributed by atoms with Crippen molar-refractivity contribution in [1.82, 2.24) is 15.0 Å². The summed E-state index contributed by atoms with van der Waals surface area (Å²) in [5.74, 6) is 0.163. The molecule has 0 aliphatic carbocycles. The van der Waals surface area contributed by atoms with Crippen LogP contribution in [0, 0.1) is 0 Å². The third-order valence-corrected chi connectivity index (χ3v) is 2.32. The second kappa shape index (κ2) is 9.10. The van der Waals surface area contributed by atoms with Gasteiger partial charge < -0.3 is 4.57 Å². The molecule has 0 saturated carbocycles. The lowest BCUT2D eigenvalue weighted by atomic mass is 10.3. The monoisotopic (exact) mass is 265 g/mol. The minimum atomic E-state index is -0.464. The smallest absolute Gasteiger partial charge is 0.250 e. The number of hydrogen-bond acceptors (Lipinski definition) is 3. The largest absolute Gasteiger partial charge is 0.331 e. The predicted molar refractivity (Wildman–Crippen MR) is 77.0 cm³/mol. The molecule has 1 amide bonds. The van der Waals surface area contributed by atoms with Gasteiger partial charge in [0.2, 0.25) is 0 Å². The zero-order valence-electron chi connectivity index (χ0n) is 12.3. The summed E-state index contributed by atoms with van der Waals surface area (Å²) in [7, 11) is 1.84. The van der Waals surface area contributed by atoms with E-state index < -0.39 is 5.91 Å². The van der Waals surface area contributed by atoms with Gasteiger partial charge in [0.05, 0.1) is 17.5 Å². The van der Waals surface area contributed by atoms with Crippen molar-refractivity contribution in [3.05, 3.63) is 30.1 Å². The molecule has 1 aromatic carbocycles. The Labute approximate surface area is 114 Å². The van der Waals surface area contributed by atoms with Gasteiger partial charge in [-0.25, -0.2) is 10.5 Å². The van der Waals surface area contributed by atoms with E-state index in [9.17, 15) is 4.79 Å². The number of aryl methyl sites for hydroxylation is 1. The SMILES string of the molecule is CC.CC.Cn1c(CC(=O)NO)nc2ccccc21. The minimum absolute atomic E-state index is 0.0711. The van der Waals surface area contributed by atoms with E-state index in [1.54, 1.807) is 5.48 Å². The van der Waals surface area contributed by atoms with E-state index in [2.05, 4.69) is 4.98 Å². The van der Waals surface area contributed by atoms with Crippen LogP contribution in [-0.2, 0) is 18.3 Å². The van der Waals surface area contributed by atoms with Crippen molar-refractivity contribution in [1.29, 1.82) is 0 Å². The summed E-state index contributed by atoms with van der Waals surface area (Å²) in [6.07, 6.45) is 0.0711. The molecule has 0 radical (unpaired) electrons. The Morgan fingerprint density at radius 1 is 1.26 bits per heavy atom. The molecule has 2 rings (SSSR count). The number of imidazole rings is 1. The molecule has 0 atom stereocenters. The molecular weight excluding hydrogens is 242 g/mol. The molecule has 1 aromatic heterocycles. The fourth-order valence-electron chi connectivity index (χ4n) is 1.54. The summed E-state index contributed by atoms with van der Waals surface area (Å²) < 4.78 is 1.84. The Balaban J connectivity index is 0.000000741. The summed E-state index contributed by atoms with van der Waals surface area (Å²) >= 11 is 0. The number of hydrogen-bond donors (Lipinski definition) is 2. The standard InChI is InChI=1S/C10H11N3O2.2C2H6/c1-13-8-5-3-2-4-7(8)11-9(13)6-10(14)12-15;2*1-2/h2-5,15H,6H2,1H3,(H,12,14);2*1-2H3. The number of amides is 1. The number of aromatic nitrogens is 2. The molecule has 0 unspecified atom stereocenters. The van der Waals surface area contributed by atoms with Crippen LogP contribution in [0.4, 0.5) is 0 Å². The summed E-state index contributed by atoms with van der Waals surface area (Å²) in [4.78, 5) is 15.3. The first-order valence-electron chi connectivity index (χ1n) is 6.55. The molecule has 19 heavy (non-hydrogen) atoms. The van der Waals surface area contributed by atoms with Crippen molar-refractivity contribution < 1.29 is 10.0 Å². The third-order valence-electron chi connectivity index (χ3n) is 2.32. The molecule has 5 heteroatoms. The van der Waals surface area contributed by atoms with Crippen LogP contribution in [0.3, 0.4) is 0 Å². The molecule has 2 N–H and O–H groups in total. The van der Waals surface area contributed by atoms with Gasteiger partial charge in [-0.1, -0.05) is 39.8 Å². The first-order chi connectivity index (χ1) is 9.22. The highest BCUT2D eigenvalue weighted by Crippen LogP contribution is 2.14. The minimum Gasteiger partial charge on any atom is -0.331 e. The lowest BCUT2D eigenvalue weighted by molar-refractivity contribution is -0.128. The molecule has 0 fully saturated rings. The fraction of sp³-hybridized carbons (Fsp3) is 0.429. The van der Waals surface area contributed by atoms with E-state index in [4.69, 9.17) is 5.21 Å². The van der Waals surface area contributed by atoms with Crippen LogP contribution in [0.15, 0.2) is 24.3 Å². The molecule has 0 spiro atoms. The highest BCUT2D eigenvalue weighted by Gasteiger charge is 2.10. The van der Waals surface area contributed by atoms with Crippen molar-refractivity contribution in [2.75, 3.05) is 0 Å². The van der Waals surface area contributed by atoms with Crippen LogP contribution in [0.1, 0.15) is 33.5 Å². The van der Waals surface area contributed by atoms with E-state index in [1.807, 2.05) is 63.6 Å². The lowest BCUT2D eigenvalue weighted by Crippen LogP contribution is -2.22. The predicted octanol–water partition coefficient (Wildman–Crippen LogP) is 2.67. The zero-order chi connectivity index (χ0) is 14.8. The van der Waals surface area contributed by atoms with Gasteiger partial charge in [-0.2, -0.15) is 0 Å². The second-order valence-corrected chi connectivity index (χ2v) is 3.29. The van der Waals surface area contributed by atoms with Crippen molar-refractivity contribution in [3.8, 4) is 0 Å². The van der Waals surface area contributed by atoms with Gasteiger partial charge in [-0.15, -0.1) is 0 Å². The van der Waals surface area contributed by atoms with Crippen LogP contribution in [0.25, 0.3) is 11.0 Å². The molecule has 0 aliphatic heterocycles. The van der Waals surface area contributed by atoms with E-state index in [0.29, 0.717) is 5.82 Å². The number of fused-ring (bicyclic) bond motifs is 1. The van der Waals surface area contributed by atoms with Crippen LogP contribution in [0.2, 0.25) is 0 Å². The maximum absolute atomic E-state index is 11.0. The Morgan fingerprint density at radius 3 is 2.37 bits per heavy atom. The van der Waals surface area contributed by atoms with Gasteiger partial charge in [-0.05, 0) is 12.1 Å². The summed E-state index contributed by atoms with van der Waals surface area (Å²) in [6.45, 7) is 8.00. The van der Waals surface area contributed by atoms with Crippen molar-refractivity contribution in [2.45, 2.75) is 34.1 Å². The molecule has 106 valence electrons. The Morgan fingerprint density at radius 2 is 1.84 bits per heavy atom. The molecule has 0 aliphatic rings. The van der Waals surface area contributed by atoms with E-state index in [0.717, 1.165) is 11.0 Å². The maximum atomic E-state index is 11.0. The molecular formula is C14H23N3O2. The van der Waals surface area contributed by atoms with Gasteiger partial charge in [-0.3, -0.25) is 10.0 Å². The first kappa shape index (κ1) is 17.1. The molecule has 0 bridgehead atoms. The molecule has 2 aromatic rings. The Bertz CT molecular complexity index is 506. The van der Waals surface area contributed by atoms with Gasteiger partial charge in [0, 0.05) is 7.05 Å². The van der Waals surface area contributed by atoms with Gasteiger partial charge in [0.25, 0.3) is 5.91 Å². The van der Waals surface area contributed by atoms with Gasteiger partial charge in [0.15, 0.2) is 0 Å². The summed E-state index contributed by atoms with van der Waals surface area (Å²) in [5, 5.41) is 8.43. The fourth-order valence-corrected chi connectivity index (χ4v) is 1.54. The highest BCUT2D eigenvalue weighted by atomic mass is 16.5. The van der Waals surface area contributed by atoms with Gasteiger partial charge in [0.1, 0.15) is 5.82 Å². The average Bonchev–Trinajstić information content (AvgIpc) is 2.80. The van der Waals surface area contributed by atoms with Crippen molar-refractivity contribution >= 4 is 16.9 Å². The number of carbonyl (C=O) groups excluding carboxylic acids is 1. The van der Waals surface area contributed by atoms with E-state index >= 15 is 0 Å². The van der Waals surface area contributed by atoms with Crippen molar-refractivity contribution in [2.24, 2.45) is 7.05 Å². The number of para-hydroxylation sites is 2. The number of carbonyl (C=O) groups is 1. The van der Waals surface area contributed by atoms with Crippen LogP contribution < -0.4 is 5.48 Å². The van der Waals surface area contributed by atoms with Gasteiger partial charge >= 0.3 is 0 Å². The first-order valence-corrected chi connectivity index (χ1v) is 6.55. The summed E-state index contributed by atoms with van der Waals surface area (Å²) in [5.41, 5.74) is 3.41. The summed E-state index contributed by atoms with van der Waals surface area (Å²) in [6, 6.07) is 7.63. The molecule has 0 saturated heterocycles. The van der Waals surface area contributed by atoms with E-state index in [1.165, 1.54) is 0 Å². The quantitative estimate of drug-likeness (QED) is 0.648. The van der Waals surface area contributed by atoms with E-state index in [-0.39, 0.29) is 6.42 Å². The maximum Gasteiger partial charge on any atom is 0.250 e. The zero-order valence-corrected chi connectivity index (χ0v) is 12.3. The third kappa shape index (κ3) is 4.37. The van der Waals surface area contributed by atoms with Crippen LogP contribution in [-0.4, -0.2) is 20.7 Å². The average molecular weight is 265 g/mol.